The zero-order valence-corrected chi connectivity index (χ0v) is 9.05. The molecule has 1 aromatic rings. The van der Waals surface area contributed by atoms with Crippen molar-refractivity contribution in [2.24, 2.45) is 7.05 Å². The summed E-state index contributed by atoms with van der Waals surface area (Å²) in [6.45, 7) is 7.11. The normalized spacial score (nSPS) is 12.1. The van der Waals surface area contributed by atoms with E-state index in [9.17, 15) is 0 Å². The Hall–Kier alpha value is -0.900. The molecule has 1 rings (SSSR count). The fourth-order valence-electron chi connectivity index (χ4n) is 1.05. The number of nitrogens with one attached hydrogen (secondary N) is 1. The Bertz CT molecular complexity index is 282. The van der Waals surface area contributed by atoms with E-state index in [4.69, 9.17) is 0 Å². The van der Waals surface area contributed by atoms with Crippen LogP contribution in [0.1, 0.15) is 32.4 Å². The second kappa shape index (κ2) is 3.46. The molecule has 0 spiro atoms. The first-order valence-electron chi connectivity index (χ1n) is 4.50. The molecule has 1 aromatic heterocycles. The van der Waals surface area contributed by atoms with Crippen LogP contribution in [0.3, 0.4) is 0 Å². The molecule has 0 aliphatic rings. The average Bonchev–Trinajstić information content (AvgIpc) is 2.32. The van der Waals surface area contributed by atoms with E-state index >= 15 is 0 Å². The molecule has 0 aromatic carbocycles. The highest BCUT2D eigenvalue weighted by atomic mass is 15.3. The van der Waals surface area contributed by atoms with Crippen molar-refractivity contribution in [1.29, 1.82) is 0 Å². The largest absolute Gasteiger partial charge is 0.313 e. The lowest BCUT2D eigenvalue weighted by Crippen LogP contribution is -2.14. The predicted molar refractivity (Wildman–Crippen MR) is 52.5 cm³/mol. The van der Waals surface area contributed by atoms with Crippen molar-refractivity contribution in [2.75, 3.05) is 7.05 Å². The minimum atomic E-state index is 0.0315. The minimum Gasteiger partial charge on any atom is -0.313 e. The molecule has 4 nitrogen and oxygen atoms in total. The number of nitrogens with zero attached hydrogens (tertiary/aromatic N) is 3. The summed E-state index contributed by atoms with van der Waals surface area (Å²) in [6, 6.07) is 0. The summed E-state index contributed by atoms with van der Waals surface area (Å²) in [5.74, 6) is 1.88. The van der Waals surface area contributed by atoms with Gasteiger partial charge in [-0.25, -0.2) is 4.98 Å². The molecule has 0 amide bonds. The molecule has 4 heteroatoms. The molecule has 1 N–H and O–H groups in total. The SMILES string of the molecule is CNCc1nc(C(C)(C)C)nn1C. The van der Waals surface area contributed by atoms with Crippen LogP contribution in [0.4, 0.5) is 0 Å². The first kappa shape index (κ1) is 10.2. The molecule has 0 aliphatic carbocycles. The second-order valence-electron chi connectivity index (χ2n) is 4.26. The van der Waals surface area contributed by atoms with Crippen molar-refractivity contribution in [3.05, 3.63) is 11.6 Å². The summed E-state index contributed by atoms with van der Waals surface area (Å²) in [6.07, 6.45) is 0. The third kappa shape index (κ3) is 2.28. The van der Waals surface area contributed by atoms with E-state index in [1.165, 1.54) is 0 Å². The van der Waals surface area contributed by atoms with Gasteiger partial charge < -0.3 is 5.32 Å². The van der Waals surface area contributed by atoms with Gasteiger partial charge in [0.1, 0.15) is 5.82 Å². The monoisotopic (exact) mass is 182 g/mol. The number of aryl methyl sites for hydroxylation is 1. The van der Waals surface area contributed by atoms with Crippen LogP contribution < -0.4 is 5.32 Å². The third-order valence-corrected chi connectivity index (χ3v) is 1.86. The molecule has 0 atom stereocenters. The molecular formula is C9H18N4. The van der Waals surface area contributed by atoms with Crippen LogP contribution in [0.25, 0.3) is 0 Å². The van der Waals surface area contributed by atoms with Crippen molar-refractivity contribution < 1.29 is 0 Å². The van der Waals surface area contributed by atoms with Crippen LogP contribution >= 0.6 is 0 Å². The van der Waals surface area contributed by atoms with Crippen LogP contribution in [0, 0.1) is 0 Å². The lowest BCUT2D eigenvalue weighted by atomic mass is 9.96. The van der Waals surface area contributed by atoms with Crippen molar-refractivity contribution in [3.8, 4) is 0 Å². The van der Waals surface area contributed by atoms with Crippen LogP contribution in [0.15, 0.2) is 0 Å². The van der Waals surface area contributed by atoms with Crippen molar-refractivity contribution in [3.63, 3.8) is 0 Å². The summed E-state index contributed by atoms with van der Waals surface area (Å²) in [7, 11) is 3.83. The van der Waals surface area contributed by atoms with Crippen LogP contribution in [0.2, 0.25) is 0 Å². The van der Waals surface area contributed by atoms with Gasteiger partial charge in [0.05, 0.1) is 6.54 Å². The van der Waals surface area contributed by atoms with Gasteiger partial charge in [0.15, 0.2) is 5.82 Å². The maximum Gasteiger partial charge on any atom is 0.156 e. The zero-order chi connectivity index (χ0) is 10.1. The molecule has 0 saturated carbocycles. The van der Waals surface area contributed by atoms with E-state index in [1.807, 2.05) is 18.8 Å². The van der Waals surface area contributed by atoms with Gasteiger partial charge in [-0.3, -0.25) is 4.68 Å². The number of hydrogen-bond acceptors (Lipinski definition) is 3. The van der Waals surface area contributed by atoms with E-state index in [2.05, 4.69) is 36.2 Å². The molecule has 0 aliphatic heterocycles. The van der Waals surface area contributed by atoms with Gasteiger partial charge in [0, 0.05) is 12.5 Å². The topological polar surface area (TPSA) is 42.7 Å². The molecular weight excluding hydrogens is 164 g/mol. The standard InChI is InChI=1S/C9H18N4/c1-9(2,3)8-11-7(6-10-4)13(5)12-8/h10H,6H2,1-5H3. The molecule has 0 fully saturated rings. The number of rotatable bonds is 2. The molecule has 0 bridgehead atoms. The average molecular weight is 182 g/mol. The number of hydrogen-bond donors (Lipinski definition) is 1. The summed E-state index contributed by atoms with van der Waals surface area (Å²) >= 11 is 0. The van der Waals surface area contributed by atoms with Gasteiger partial charge in [-0.05, 0) is 7.05 Å². The van der Waals surface area contributed by atoms with Gasteiger partial charge in [-0.1, -0.05) is 20.8 Å². The predicted octanol–water partition coefficient (Wildman–Crippen LogP) is 0.832. The second-order valence-corrected chi connectivity index (χ2v) is 4.26. The summed E-state index contributed by atoms with van der Waals surface area (Å²) in [5.41, 5.74) is 0.0315. The quantitative estimate of drug-likeness (QED) is 0.736. The van der Waals surface area contributed by atoms with E-state index in [0.29, 0.717) is 0 Å². The Balaban J connectivity index is 2.95. The first-order valence-corrected chi connectivity index (χ1v) is 4.50. The summed E-state index contributed by atoms with van der Waals surface area (Å²) in [5, 5.41) is 7.43. The fraction of sp³-hybridized carbons (Fsp3) is 0.778. The zero-order valence-electron chi connectivity index (χ0n) is 9.05. The van der Waals surface area contributed by atoms with Crippen molar-refractivity contribution in [1.82, 2.24) is 20.1 Å². The maximum atomic E-state index is 4.46. The molecule has 0 unspecified atom stereocenters. The highest BCUT2D eigenvalue weighted by Crippen LogP contribution is 2.17. The third-order valence-electron chi connectivity index (χ3n) is 1.86. The van der Waals surface area contributed by atoms with Gasteiger partial charge in [0.25, 0.3) is 0 Å². The minimum absolute atomic E-state index is 0.0315. The molecule has 0 radical (unpaired) electrons. The summed E-state index contributed by atoms with van der Waals surface area (Å²) < 4.78 is 1.83. The Morgan fingerprint density at radius 2 is 2.00 bits per heavy atom. The molecule has 13 heavy (non-hydrogen) atoms. The Morgan fingerprint density at radius 3 is 2.38 bits per heavy atom. The Labute approximate surface area is 79.4 Å². The van der Waals surface area contributed by atoms with E-state index in [-0.39, 0.29) is 5.41 Å². The van der Waals surface area contributed by atoms with Gasteiger partial charge in [-0.15, -0.1) is 0 Å². The van der Waals surface area contributed by atoms with E-state index in [1.54, 1.807) is 0 Å². The van der Waals surface area contributed by atoms with Crippen LogP contribution in [0.5, 0.6) is 0 Å². The lowest BCUT2D eigenvalue weighted by Gasteiger charge is -2.11. The molecule has 74 valence electrons. The van der Waals surface area contributed by atoms with Gasteiger partial charge in [-0.2, -0.15) is 5.10 Å². The van der Waals surface area contributed by atoms with E-state index < -0.39 is 0 Å². The van der Waals surface area contributed by atoms with Crippen LogP contribution in [-0.2, 0) is 19.0 Å². The molecule has 0 saturated heterocycles. The van der Waals surface area contributed by atoms with Crippen LogP contribution in [-0.4, -0.2) is 21.8 Å². The van der Waals surface area contributed by atoms with Crippen molar-refractivity contribution >= 4 is 0 Å². The lowest BCUT2D eigenvalue weighted by molar-refractivity contribution is 0.538. The Morgan fingerprint density at radius 1 is 1.38 bits per heavy atom. The van der Waals surface area contributed by atoms with Gasteiger partial charge >= 0.3 is 0 Å². The van der Waals surface area contributed by atoms with E-state index in [0.717, 1.165) is 18.2 Å². The highest BCUT2D eigenvalue weighted by Gasteiger charge is 2.20. The maximum absolute atomic E-state index is 4.46. The smallest absolute Gasteiger partial charge is 0.156 e. The van der Waals surface area contributed by atoms with Crippen molar-refractivity contribution in [2.45, 2.75) is 32.7 Å². The molecule has 1 heterocycles. The van der Waals surface area contributed by atoms with Gasteiger partial charge in [0.2, 0.25) is 0 Å². The fourth-order valence-corrected chi connectivity index (χ4v) is 1.05. The Kier molecular flexibility index (Phi) is 2.71. The highest BCUT2D eigenvalue weighted by molar-refractivity contribution is 5.03. The summed E-state index contributed by atoms with van der Waals surface area (Å²) in [4.78, 5) is 4.46. The first-order chi connectivity index (χ1) is 5.95. The number of aromatic nitrogens is 3.